The smallest absolute Gasteiger partial charge is 0.335 e. The topological polar surface area (TPSA) is 63.6 Å². The maximum Gasteiger partial charge on any atom is 0.335 e. The molecule has 0 amide bonds. The molecule has 1 aliphatic carbocycles. The van der Waals surface area contributed by atoms with E-state index >= 15 is 0 Å². The summed E-state index contributed by atoms with van der Waals surface area (Å²) in [6.07, 6.45) is 4.06. The molecule has 94 valence electrons. The third-order valence-corrected chi connectivity index (χ3v) is 3.08. The van der Waals surface area contributed by atoms with Crippen molar-refractivity contribution in [1.29, 1.82) is 0 Å². The summed E-state index contributed by atoms with van der Waals surface area (Å²) in [5.74, 6) is -1.30. The van der Waals surface area contributed by atoms with Crippen molar-refractivity contribution in [2.45, 2.75) is 19.3 Å². The number of rotatable bonds is 2. The van der Waals surface area contributed by atoms with Crippen molar-refractivity contribution < 1.29 is 19.4 Å². The second-order valence-electron chi connectivity index (χ2n) is 4.22. The lowest BCUT2D eigenvalue weighted by Crippen LogP contribution is -2.07. The molecule has 0 unspecified atom stereocenters. The summed E-state index contributed by atoms with van der Waals surface area (Å²) in [6.45, 7) is 0. The molecule has 0 heterocycles. The van der Waals surface area contributed by atoms with Crippen LogP contribution >= 0.6 is 0 Å². The van der Waals surface area contributed by atoms with Gasteiger partial charge in [-0.25, -0.2) is 9.59 Å². The molecular formula is C14H14O4. The summed E-state index contributed by atoms with van der Waals surface area (Å²) in [4.78, 5) is 22.2. The molecule has 0 saturated carbocycles. The first-order chi connectivity index (χ1) is 8.61. The number of aromatic carboxylic acids is 1. The average Bonchev–Trinajstić information content (AvgIpc) is 2.38. The standard InChI is InChI=1S/C14H14O4/c1-18-13(15)8-10-4-2-3-9-7-11(14(16)17)5-6-12(9)10/h5-8H,2-4H2,1H3,(H,16,17)/b10-8+. The van der Waals surface area contributed by atoms with Gasteiger partial charge in [-0.1, -0.05) is 6.07 Å². The first kappa shape index (κ1) is 12.4. The number of esters is 1. The normalized spacial score (nSPS) is 16.2. The molecule has 18 heavy (non-hydrogen) atoms. The number of carboxylic acid groups (broad SMARTS) is 1. The number of ether oxygens (including phenoxy) is 1. The Balaban J connectivity index is 2.42. The summed E-state index contributed by atoms with van der Waals surface area (Å²) in [6, 6.07) is 5.02. The number of benzene rings is 1. The Hall–Kier alpha value is -2.10. The molecule has 0 aromatic heterocycles. The zero-order chi connectivity index (χ0) is 13.1. The minimum Gasteiger partial charge on any atom is -0.478 e. The number of carbonyl (C=O) groups excluding carboxylic acids is 1. The van der Waals surface area contributed by atoms with Crippen molar-refractivity contribution in [2.75, 3.05) is 7.11 Å². The third-order valence-electron chi connectivity index (χ3n) is 3.08. The number of allylic oxidation sites excluding steroid dienone is 1. The highest BCUT2D eigenvalue weighted by molar-refractivity contribution is 5.93. The fourth-order valence-corrected chi connectivity index (χ4v) is 2.20. The molecule has 0 atom stereocenters. The van der Waals surface area contributed by atoms with Crippen LogP contribution in [-0.4, -0.2) is 24.2 Å². The molecule has 0 saturated heterocycles. The van der Waals surface area contributed by atoms with E-state index < -0.39 is 5.97 Å². The maximum absolute atomic E-state index is 11.3. The Labute approximate surface area is 105 Å². The molecule has 0 fully saturated rings. The number of hydrogen-bond acceptors (Lipinski definition) is 3. The van der Waals surface area contributed by atoms with E-state index in [1.807, 2.05) is 0 Å². The van der Waals surface area contributed by atoms with Crippen molar-refractivity contribution in [3.63, 3.8) is 0 Å². The highest BCUT2D eigenvalue weighted by Crippen LogP contribution is 2.31. The minimum absolute atomic E-state index is 0.285. The molecule has 0 radical (unpaired) electrons. The second kappa shape index (κ2) is 5.04. The Morgan fingerprint density at radius 3 is 2.78 bits per heavy atom. The molecular weight excluding hydrogens is 232 g/mol. The molecule has 0 bridgehead atoms. The fraction of sp³-hybridized carbons (Fsp3) is 0.286. The Kier molecular flexibility index (Phi) is 3.46. The van der Waals surface area contributed by atoms with Gasteiger partial charge in [0.15, 0.2) is 0 Å². The highest BCUT2D eigenvalue weighted by atomic mass is 16.5. The fourth-order valence-electron chi connectivity index (χ4n) is 2.20. The van der Waals surface area contributed by atoms with Gasteiger partial charge in [-0.05, 0) is 48.1 Å². The van der Waals surface area contributed by atoms with Gasteiger partial charge in [0.2, 0.25) is 0 Å². The second-order valence-corrected chi connectivity index (χ2v) is 4.22. The molecule has 1 aromatic rings. The van der Waals surface area contributed by atoms with E-state index in [4.69, 9.17) is 5.11 Å². The Morgan fingerprint density at radius 1 is 1.33 bits per heavy atom. The van der Waals surface area contributed by atoms with Crippen LogP contribution in [0.1, 0.15) is 34.3 Å². The molecule has 4 nitrogen and oxygen atoms in total. The molecule has 4 heteroatoms. The minimum atomic E-state index is -0.929. The van der Waals surface area contributed by atoms with Crippen LogP contribution in [0, 0.1) is 0 Å². The van der Waals surface area contributed by atoms with Gasteiger partial charge in [0.05, 0.1) is 12.7 Å². The number of fused-ring (bicyclic) bond motifs is 1. The van der Waals surface area contributed by atoms with Gasteiger partial charge < -0.3 is 9.84 Å². The van der Waals surface area contributed by atoms with Crippen LogP contribution in [0.15, 0.2) is 24.3 Å². The van der Waals surface area contributed by atoms with E-state index in [1.54, 1.807) is 18.2 Å². The largest absolute Gasteiger partial charge is 0.478 e. The van der Waals surface area contributed by atoms with E-state index in [-0.39, 0.29) is 11.5 Å². The predicted molar refractivity (Wildman–Crippen MR) is 66.3 cm³/mol. The number of carboxylic acids is 1. The lowest BCUT2D eigenvalue weighted by atomic mass is 9.86. The Bertz CT molecular complexity index is 529. The van der Waals surface area contributed by atoms with Crippen LogP contribution in [-0.2, 0) is 16.0 Å². The van der Waals surface area contributed by atoms with Gasteiger partial charge in [-0.3, -0.25) is 0 Å². The summed E-state index contributed by atoms with van der Waals surface area (Å²) in [5, 5.41) is 8.95. The number of methoxy groups -OCH3 is 1. The molecule has 1 aromatic carbocycles. The van der Waals surface area contributed by atoms with E-state index in [0.29, 0.717) is 0 Å². The van der Waals surface area contributed by atoms with E-state index in [2.05, 4.69) is 4.74 Å². The predicted octanol–water partition coefficient (Wildman–Crippen LogP) is 2.28. The van der Waals surface area contributed by atoms with Gasteiger partial charge in [0.1, 0.15) is 0 Å². The van der Waals surface area contributed by atoms with Crippen molar-refractivity contribution >= 4 is 17.5 Å². The van der Waals surface area contributed by atoms with Gasteiger partial charge in [0, 0.05) is 6.08 Å². The van der Waals surface area contributed by atoms with Crippen LogP contribution in [0.5, 0.6) is 0 Å². The van der Waals surface area contributed by atoms with Crippen molar-refractivity contribution in [1.82, 2.24) is 0 Å². The Morgan fingerprint density at radius 2 is 2.11 bits per heavy atom. The molecule has 0 aliphatic heterocycles. The lowest BCUT2D eigenvalue weighted by molar-refractivity contribution is -0.134. The van der Waals surface area contributed by atoms with Crippen molar-refractivity contribution in [3.8, 4) is 0 Å². The zero-order valence-corrected chi connectivity index (χ0v) is 10.1. The van der Waals surface area contributed by atoms with Gasteiger partial charge in [-0.2, -0.15) is 0 Å². The molecule has 0 spiro atoms. The lowest BCUT2D eigenvalue weighted by Gasteiger charge is -2.19. The monoisotopic (exact) mass is 246 g/mol. The van der Waals surface area contributed by atoms with Gasteiger partial charge >= 0.3 is 11.9 Å². The van der Waals surface area contributed by atoms with E-state index in [1.165, 1.54) is 13.2 Å². The van der Waals surface area contributed by atoms with E-state index in [9.17, 15) is 9.59 Å². The van der Waals surface area contributed by atoms with Crippen LogP contribution < -0.4 is 0 Å². The summed E-state index contributed by atoms with van der Waals surface area (Å²) >= 11 is 0. The molecule has 1 aliphatic rings. The quantitative estimate of drug-likeness (QED) is 0.642. The maximum atomic E-state index is 11.3. The molecule has 2 rings (SSSR count). The highest BCUT2D eigenvalue weighted by Gasteiger charge is 2.17. The third kappa shape index (κ3) is 2.42. The summed E-state index contributed by atoms with van der Waals surface area (Å²) in [7, 11) is 1.34. The SMILES string of the molecule is COC(=O)/C=C1\CCCc2cc(C(=O)O)ccc21. The van der Waals surface area contributed by atoms with Gasteiger partial charge in [0.25, 0.3) is 0 Å². The van der Waals surface area contributed by atoms with Crippen molar-refractivity contribution in [3.05, 3.63) is 41.0 Å². The number of hydrogen-bond donors (Lipinski definition) is 1. The van der Waals surface area contributed by atoms with Crippen molar-refractivity contribution in [2.24, 2.45) is 0 Å². The average molecular weight is 246 g/mol. The summed E-state index contributed by atoms with van der Waals surface area (Å²) in [5.41, 5.74) is 3.14. The molecule has 1 N–H and O–H groups in total. The zero-order valence-electron chi connectivity index (χ0n) is 10.1. The van der Waals surface area contributed by atoms with Gasteiger partial charge in [-0.15, -0.1) is 0 Å². The van der Waals surface area contributed by atoms with Crippen LogP contribution in [0.4, 0.5) is 0 Å². The first-order valence-corrected chi connectivity index (χ1v) is 5.77. The van der Waals surface area contributed by atoms with Crippen LogP contribution in [0.3, 0.4) is 0 Å². The number of aryl methyl sites for hydroxylation is 1. The first-order valence-electron chi connectivity index (χ1n) is 5.77. The summed E-state index contributed by atoms with van der Waals surface area (Å²) < 4.78 is 4.62. The number of carbonyl (C=O) groups is 2. The van der Waals surface area contributed by atoms with Crippen LogP contribution in [0.25, 0.3) is 5.57 Å². The van der Waals surface area contributed by atoms with Crippen LogP contribution in [0.2, 0.25) is 0 Å². The van der Waals surface area contributed by atoms with E-state index in [0.717, 1.165) is 36.0 Å².